The standard InChI is InChI=1S/C32H20N2S2/c1-3-13-23-21(9-1)11-5-17-27(23)35-31-25-15-7-20-34-30(25)32(26-16-8-19-33-29(26)31)36-28-18-6-12-22-10-2-4-14-24(22)28/h1-20H. The second-order valence-electron chi connectivity index (χ2n) is 8.62. The van der Waals surface area contributed by atoms with Crippen molar-refractivity contribution in [3.05, 3.63) is 122 Å². The van der Waals surface area contributed by atoms with Gasteiger partial charge in [0.1, 0.15) is 0 Å². The first-order valence-electron chi connectivity index (χ1n) is 11.8. The second kappa shape index (κ2) is 8.98. The van der Waals surface area contributed by atoms with E-state index in [1.807, 2.05) is 24.5 Å². The molecule has 0 unspecified atom stereocenters. The maximum atomic E-state index is 4.91. The summed E-state index contributed by atoms with van der Waals surface area (Å²) in [6.45, 7) is 0. The fraction of sp³-hybridized carbons (Fsp3) is 0. The maximum Gasteiger partial charge on any atom is 0.0860 e. The number of hydrogen-bond acceptors (Lipinski definition) is 4. The average molecular weight is 497 g/mol. The summed E-state index contributed by atoms with van der Waals surface area (Å²) in [7, 11) is 0. The first-order chi connectivity index (χ1) is 17.9. The van der Waals surface area contributed by atoms with Crippen molar-refractivity contribution in [3.63, 3.8) is 0 Å². The van der Waals surface area contributed by atoms with Gasteiger partial charge >= 0.3 is 0 Å². The molecular formula is C32H20N2S2. The summed E-state index contributed by atoms with van der Waals surface area (Å²) in [5, 5.41) is 7.24. The molecule has 0 N–H and O–H groups in total. The van der Waals surface area contributed by atoms with E-state index in [1.165, 1.54) is 31.3 Å². The van der Waals surface area contributed by atoms with Gasteiger partial charge < -0.3 is 0 Å². The van der Waals surface area contributed by atoms with Gasteiger partial charge in [0, 0.05) is 42.7 Å². The van der Waals surface area contributed by atoms with Crippen molar-refractivity contribution < 1.29 is 0 Å². The molecule has 4 heteroatoms. The SMILES string of the molecule is c1ccc2c(Sc3c4cccnc4c(Sc4cccc5ccccc45)c4cccnc34)cccc2c1. The molecule has 0 fully saturated rings. The minimum Gasteiger partial charge on any atom is -0.255 e. The fourth-order valence-corrected chi connectivity index (χ4v) is 7.18. The minimum absolute atomic E-state index is 1.01. The van der Waals surface area contributed by atoms with Gasteiger partial charge in [-0.1, -0.05) is 108 Å². The van der Waals surface area contributed by atoms with Crippen LogP contribution in [0.5, 0.6) is 0 Å². The zero-order valence-corrected chi connectivity index (χ0v) is 20.9. The van der Waals surface area contributed by atoms with E-state index in [-0.39, 0.29) is 0 Å². The molecule has 0 bridgehead atoms. The molecule has 0 aliphatic rings. The molecule has 0 saturated carbocycles. The topological polar surface area (TPSA) is 25.8 Å². The third kappa shape index (κ3) is 3.62. The smallest absolute Gasteiger partial charge is 0.0860 e. The molecule has 7 rings (SSSR count). The highest BCUT2D eigenvalue weighted by Gasteiger charge is 2.19. The van der Waals surface area contributed by atoms with Gasteiger partial charge in [0.2, 0.25) is 0 Å². The molecule has 36 heavy (non-hydrogen) atoms. The molecule has 0 aliphatic carbocycles. The number of nitrogens with zero attached hydrogens (tertiary/aromatic N) is 2. The molecular weight excluding hydrogens is 477 g/mol. The Bertz CT molecular complexity index is 1710. The van der Waals surface area contributed by atoms with Crippen LogP contribution in [0.3, 0.4) is 0 Å². The van der Waals surface area contributed by atoms with Gasteiger partial charge in [0.05, 0.1) is 11.0 Å². The summed E-state index contributed by atoms with van der Waals surface area (Å²) < 4.78 is 0. The molecule has 0 atom stereocenters. The molecule has 2 aromatic heterocycles. The average Bonchev–Trinajstić information content (AvgIpc) is 2.95. The van der Waals surface area contributed by atoms with Crippen molar-refractivity contribution in [3.8, 4) is 0 Å². The Morgan fingerprint density at radius 1 is 0.389 bits per heavy atom. The summed E-state index contributed by atoms with van der Waals surface area (Å²) in [4.78, 5) is 14.6. The number of aromatic nitrogens is 2. The quantitative estimate of drug-likeness (QED) is 0.227. The van der Waals surface area contributed by atoms with Crippen LogP contribution in [0.2, 0.25) is 0 Å². The van der Waals surface area contributed by atoms with E-state index in [0.29, 0.717) is 0 Å². The van der Waals surface area contributed by atoms with Crippen LogP contribution in [0.4, 0.5) is 0 Å². The van der Waals surface area contributed by atoms with Gasteiger partial charge in [0.15, 0.2) is 0 Å². The van der Waals surface area contributed by atoms with Crippen molar-refractivity contribution in [2.75, 3.05) is 0 Å². The highest BCUT2D eigenvalue weighted by Crippen LogP contribution is 2.47. The van der Waals surface area contributed by atoms with Crippen molar-refractivity contribution >= 4 is 66.9 Å². The van der Waals surface area contributed by atoms with E-state index < -0.39 is 0 Å². The van der Waals surface area contributed by atoms with E-state index in [0.717, 1.165) is 31.6 Å². The monoisotopic (exact) mass is 496 g/mol. The van der Waals surface area contributed by atoms with E-state index in [2.05, 4.69) is 97.1 Å². The van der Waals surface area contributed by atoms with Crippen molar-refractivity contribution in [1.29, 1.82) is 0 Å². The number of fused-ring (bicyclic) bond motifs is 4. The molecule has 0 radical (unpaired) electrons. The number of benzene rings is 5. The molecule has 170 valence electrons. The van der Waals surface area contributed by atoms with Gasteiger partial charge in [-0.25, -0.2) is 0 Å². The first kappa shape index (κ1) is 21.4. The lowest BCUT2D eigenvalue weighted by Gasteiger charge is -2.16. The predicted octanol–water partition coefficient (Wildman–Crippen LogP) is 9.39. The highest BCUT2D eigenvalue weighted by atomic mass is 32.2. The summed E-state index contributed by atoms with van der Waals surface area (Å²) in [5.74, 6) is 0. The number of rotatable bonds is 4. The normalized spacial score (nSPS) is 11.6. The molecule has 5 aromatic carbocycles. The van der Waals surface area contributed by atoms with Gasteiger partial charge in [-0.3, -0.25) is 9.97 Å². The number of hydrogen-bond donors (Lipinski definition) is 0. The summed E-state index contributed by atoms with van der Waals surface area (Å²) in [6.07, 6.45) is 3.79. The van der Waals surface area contributed by atoms with E-state index in [1.54, 1.807) is 23.5 Å². The van der Waals surface area contributed by atoms with Crippen molar-refractivity contribution in [2.45, 2.75) is 19.6 Å². The largest absolute Gasteiger partial charge is 0.255 e. The summed E-state index contributed by atoms with van der Waals surface area (Å²) in [5.41, 5.74) is 2.03. The third-order valence-corrected chi connectivity index (χ3v) is 8.84. The van der Waals surface area contributed by atoms with Crippen molar-refractivity contribution in [2.24, 2.45) is 0 Å². The Labute approximate surface area is 217 Å². The molecule has 2 nitrogen and oxygen atoms in total. The Morgan fingerprint density at radius 2 is 0.806 bits per heavy atom. The first-order valence-corrected chi connectivity index (χ1v) is 13.5. The molecule has 0 aliphatic heterocycles. The van der Waals surface area contributed by atoms with Crippen LogP contribution in [0.15, 0.2) is 141 Å². The predicted molar refractivity (Wildman–Crippen MR) is 153 cm³/mol. The van der Waals surface area contributed by atoms with E-state index >= 15 is 0 Å². The molecule has 2 heterocycles. The molecule has 7 aromatic rings. The van der Waals surface area contributed by atoms with Crippen LogP contribution in [0.1, 0.15) is 0 Å². The number of pyridine rings is 2. The Morgan fingerprint density at radius 3 is 1.31 bits per heavy atom. The lowest BCUT2D eigenvalue weighted by atomic mass is 10.1. The fourth-order valence-electron chi connectivity index (χ4n) is 4.79. The zero-order valence-electron chi connectivity index (χ0n) is 19.3. The van der Waals surface area contributed by atoms with Crippen LogP contribution in [-0.4, -0.2) is 9.97 Å². The van der Waals surface area contributed by atoms with Gasteiger partial charge in [-0.2, -0.15) is 0 Å². The third-order valence-electron chi connectivity index (χ3n) is 6.46. The van der Waals surface area contributed by atoms with E-state index in [9.17, 15) is 0 Å². The Kier molecular flexibility index (Phi) is 5.34. The van der Waals surface area contributed by atoms with Crippen LogP contribution in [-0.2, 0) is 0 Å². The lowest BCUT2D eigenvalue weighted by molar-refractivity contribution is 1.31. The zero-order chi connectivity index (χ0) is 23.9. The van der Waals surface area contributed by atoms with Crippen LogP contribution >= 0.6 is 23.5 Å². The molecule has 0 spiro atoms. The van der Waals surface area contributed by atoms with E-state index in [4.69, 9.17) is 9.97 Å². The maximum absolute atomic E-state index is 4.91. The molecule has 0 saturated heterocycles. The Hall–Kier alpha value is -3.86. The highest BCUT2D eigenvalue weighted by molar-refractivity contribution is 8.00. The minimum atomic E-state index is 1.01. The molecule has 0 amide bonds. The second-order valence-corrected chi connectivity index (χ2v) is 10.7. The van der Waals surface area contributed by atoms with Gasteiger partial charge in [-0.05, 0) is 45.8 Å². The van der Waals surface area contributed by atoms with Crippen LogP contribution < -0.4 is 0 Å². The van der Waals surface area contributed by atoms with Gasteiger partial charge in [0.25, 0.3) is 0 Å². The van der Waals surface area contributed by atoms with Crippen LogP contribution in [0, 0.1) is 0 Å². The lowest BCUT2D eigenvalue weighted by Crippen LogP contribution is -1.92. The van der Waals surface area contributed by atoms with Crippen molar-refractivity contribution in [1.82, 2.24) is 9.97 Å². The summed E-state index contributed by atoms with van der Waals surface area (Å²) in [6, 6.07) is 38.5. The van der Waals surface area contributed by atoms with Gasteiger partial charge in [-0.15, -0.1) is 0 Å². The van der Waals surface area contributed by atoms with Crippen LogP contribution in [0.25, 0.3) is 43.4 Å². The summed E-state index contributed by atoms with van der Waals surface area (Å²) >= 11 is 3.56. The Balaban J connectivity index is 1.47.